The summed E-state index contributed by atoms with van der Waals surface area (Å²) < 4.78 is 22.4. The van der Waals surface area contributed by atoms with Gasteiger partial charge in [0.05, 0.1) is 32.6 Å². The largest absolute Gasteiger partial charge is 0.493 e. The van der Waals surface area contributed by atoms with Crippen molar-refractivity contribution in [2.24, 2.45) is 4.99 Å². The molecule has 0 spiro atoms. The molecule has 8 heteroatoms. The number of rotatable bonds is 11. The van der Waals surface area contributed by atoms with Gasteiger partial charge in [-0.1, -0.05) is 12.1 Å². The molecule has 0 amide bonds. The number of para-hydroxylation sites is 1. The Hall–Kier alpha value is -1.94. The minimum absolute atomic E-state index is 0. The number of furan rings is 1. The van der Waals surface area contributed by atoms with E-state index in [4.69, 9.17) is 23.6 Å². The van der Waals surface area contributed by atoms with Crippen molar-refractivity contribution in [3.63, 3.8) is 0 Å². The maximum atomic E-state index is 6.32. The van der Waals surface area contributed by atoms with Crippen LogP contribution in [0.15, 0.2) is 46.0 Å². The second kappa shape index (κ2) is 14.2. The number of nitrogens with zero attached hydrogens (tertiary/aromatic N) is 1. The molecule has 0 atom stereocenters. The Balaban J connectivity index is 0.00000341. The zero-order valence-corrected chi connectivity index (χ0v) is 20.7. The van der Waals surface area contributed by atoms with Gasteiger partial charge in [-0.25, -0.2) is 4.99 Å². The minimum atomic E-state index is 0. The van der Waals surface area contributed by atoms with E-state index in [0.717, 1.165) is 54.6 Å². The first-order valence-electron chi connectivity index (χ1n) is 10.7. The van der Waals surface area contributed by atoms with Crippen molar-refractivity contribution < 1.29 is 18.6 Å². The fourth-order valence-electron chi connectivity index (χ4n) is 3.52. The van der Waals surface area contributed by atoms with Crippen LogP contribution in [0.5, 0.6) is 11.5 Å². The van der Waals surface area contributed by atoms with Crippen molar-refractivity contribution in [1.82, 2.24) is 10.6 Å². The Morgan fingerprint density at radius 1 is 1.10 bits per heavy atom. The van der Waals surface area contributed by atoms with Crippen LogP contribution in [-0.2, 0) is 17.7 Å². The molecule has 0 saturated heterocycles. The van der Waals surface area contributed by atoms with E-state index < -0.39 is 0 Å². The van der Waals surface area contributed by atoms with Crippen molar-refractivity contribution in [2.45, 2.75) is 44.8 Å². The summed E-state index contributed by atoms with van der Waals surface area (Å²) in [4.78, 5) is 4.77. The van der Waals surface area contributed by atoms with E-state index in [2.05, 4.69) is 10.6 Å². The highest BCUT2D eigenvalue weighted by Crippen LogP contribution is 2.35. The Morgan fingerprint density at radius 2 is 1.90 bits per heavy atom. The highest BCUT2D eigenvalue weighted by atomic mass is 127. The summed E-state index contributed by atoms with van der Waals surface area (Å²) >= 11 is 0. The Labute approximate surface area is 202 Å². The van der Waals surface area contributed by atoms with Crippen LogP contribution in [0.25, 0.3) is 0 Å². The summed E-state index contributed by atoms with van der Waals surface area (Å²) in [5.41, 5.74) is 1.01. The molecule has 2 N–H and O–H groups in total. The highest BCUT2D eigenvalue weighted by Gasteiger charge is 2.20. The topological polar surface area (TPSA) is 77.2 Å². The van der Waals surface area contributed by atoms with E-state index in [1.807, 2.05) is 30.3 Å². The van der Waals surface area contributed by atoms with Crippen molar-refractivity contribution >= 4 is 29.9 Å². The number of guanidine groups is 1. The Bertz CT molecular complexity index is 777. The standard InChI is InChI=1S/C23H33N3O4.HI/c1-27-16-14-25-23(24-13-12-19-10-6-15-29-19)26-17-18-7-5-11-21(28-2)22(18)30-20-8-3-4-9-20;/h5-7,10-11,15,20H,3-4,8-9,12-14,16-17H2,1-2H3,(H2,24,25,26);1H. The number of benzene rings is 1. The van der Waals surface area contributed by atoms with E-state index in [0.29, 0.717) is 19.7 Å². The molecule has 0 unspecified atom stereocenters. The van der Waals surface area contributed by atoms with Crippen LogP contribution >= 0.6 is 24.0 Å². The maximum absolute atomic E-state index is 6.32. The van der Waals surface area contributed by atoms with Crippen LogP contribution < -0.4 is 20.1 Å². The summed E-state index contributed by atoms with van der Waals surface area (Å²) in [6.07, 6.45) is 7.37. The summed E-state index contributed by atoms with van der Waals surface area (Å²) in [5.74, 6) is 3.24. The molecule has 1 aromatic heterocycles. The van der Waals surface area contributed by atoms with Gasteiger partial charge in [0.1, 0.15) is 5.76 Å². The summed E-state index contributed by atoms with van der Waals surface area (Å²) in [7, 11) is 3.36. The maximum Gasteiger partial charge on any atom is 0.191 e. The molecule has 172 valence electrons. The number of halogens is 1. The number of nitrogens with one attached hydrogen (secondary N) is 2. The number of ether oxygens (including phenoxy) is 3. The second-order valence-electron chi connectivity index (χ2n) is 7.31. The predicted octanol–water partition coefficient (Wildman–Crippen LogP) is 4.15. The third-order valence-corrected chi connectivity index (χ3v) is 5.12. The van der Waals surface area contributed by atoms with Gasteiger partial charge in [-0.15, -0.1) is 24.0 Å². The van der Waals surface area contributed by atoms with Gasteiger partial charge in [0, 0.05) is 32.2 Å². The molecule has 1 aliphatic carbocycles. The third kappa shape index (κ3) is 8.25. The smallest absolute Gasteiger partial charge is 0.191 e. The van der Waals surface area contributed by atoms with Crippen molar-refractivity contribution in [3.05, 3.63) is 47.9 Å². The van der Waals surface area contributed by atoms with Crippen LogP contribution in [0, 0.1) is 0 Å². The quantitative estimate of drug-likeness (QED) is 0.192. The Kier molecular flexibility index (Phi) is 11.6. The van der Waals surface area contributed by atoms with Gasteiger partial charge < -0.3 is 29.3 Å². The number of methoxy groups -OCH3 is 2. The van der Waals surface area contributed by atoms with Gasteiger partial charge in [-0.3, -0.25) is 0 Å². The summed E-state index contributed by atoms with van der Waals surface area (Å²) in [6.45, 7) is 2.49. The molecule has 2 aromatic rings. The monoisotopic (exact) mass is 543 g/mol. The number of hydrogen-bond donors (Lipinski definition) is 2. The Morgan fingerprint density at radius 3 is 2.61 bits per heavy atom. The van der Waals surface area contributed by atoms with Crippen LogP contribution in [-0.4, -0.2) is 46.0 Å². The predicted molar refractivity (Wildman–Crippen MR) is 133 cm³/mol. The van der Waals surface area contributed by atoms with Crippen LogP contribution in [0.3, 0.4) is 0 Å². The molecule has 1 fully saturated rings. The fourth-order valence-corrected chi connectivity index (χ4v) is 3.52. The lowest BCUT2D eigenvalue weighted by Crippen LogP contribution is -2.40. The summed E-state index contributed by atoms with van der Waals surface area (Å²) in [6, 6.07) is 9.84. The molecular weight excluding hydrogens is 509 g/mol. The molecule has 1 aromatic carbocycles. The average molecular weight is 543 g/mol. The number of hydrogen-bond acceptors (Lipinski definition) is 5. The molecule has 3 rings (SSSR count). The molecule has 0 radical (unpaired) electrons. The van der Waals surface area contributed by atoms with E-state index in [1.165, 1.54) is 12.8 Å². The third-order valence-electron chi connectivity index (χ3n) is 5.12. The minimum Gasteiger partial charge on any atom is -0.493 e. The van der Waals surface area contributed by atoms with Crippen molar-refractivity contribution in [2.75, 3.05) is 33.9 Å². The van der Waals surface area contributed by atoms with Crippen LogP contribution in [0.4, 0.5) is 0 Å². The zero-order valence-electron chi connectivity index (χ0n) is 18.4. The normalized spacial score (nSPS) is 14.2. The molecule has 0 aliphatic heterocycles. The molecule has 0 bridgehead atoms. The lowest BCUT2D eigenvalue weighted by atomic mass is 10.1. The molecule has 1 saturated carbocycles. The highest BCUT2D eigenvalue weighted by molar-refractivity contribution is 14.0. The van der Waals surface area contributed by atoms with Gasteiger partial charge in [0.2, 0.25) is 0 Å². The van der Waals surface area contributed by atoms with Crippen molar-refractivity contribution in [1.29, 1.82) is 0 Å². The van der Waals surface area contributed by atoms with E-state index in [-0.39, 0.29) is 30.1 Å². The second-order valence-corrected chi connectivity index (χ2v) is 7.31. The van der Waals surface area contributed by atoms with Gasteiger partial charge in [0.15, 0.2) is 17.5 Å². The van der Waals surface area contributed by atoms with Crippen LogP contribution in [0.2, 0.25) is 0 Å². The zero-order chi connectivity index (χ0) is 21.0. The molecule has 1 heterocycles. The summed E-state index contributed by atoms with van der Waals surface area (Å²) in [5, 5.41) is 6.66. The fraction of sp³-hybridized carbons (Fsp3) is 0.522. The van der Waals surface area contributed by atoms with Crippen LogP contribution in [0.1, 0.15) is 37.0 Å². The molecule has 7 nitrogen and oxygen atoms in total. The van der Waals surface area contributed by atoms with E-state index >= 15 is 0 Å². The lowest BCUT2D eigenvalue weighted by Gasteiger charge is -2.19. The van der Waals surface area contributed by atoms with E-state index in [1.54, 1.807) is 20.5 Å². The average Bonchev–Trinajstić information content (AvgIpc) is 3.47. The van der Waals surface area contributed by atoms with Gasteiger partial charge >= 0.3 is 0 Å². The van der Waals surface area contributed by atoms with E-state index in [9.17, 15) is 0 Å². The van der Waals surface area contributed by atoms with Gasteiger partial charge in [-0.2, -0.15) is 0 Å². The SMILES string of the molecule is COCCNC(=NCc1cccc(OC)c1OC1CCCC1)NCCc1ccco1.I. The first-order chi connectivity index (χ1) is 14.8. The lowest BCUT2D eigenvalue weighted by molar-refractivity contribution is 0.198. The van der Waals surface area contributed by atoms with Crippen molar-refractivity contribution in [3.8, 4) is 11.5 Å². The molecule has 31 heavy (non-hydrogen) atoms. The number of aliphatic imine (C=N–C) groups is 1. The van der Waals surface area contributed by atoms with Gasteiger partial charge in [-0.05, 0) is 43.9 Å². The molecular formula is C23H34IN3O4. The molecule has 1 aliphatic rings. The van der Waals surface area contributed by atoms with Gasteiger partial charge in [0.25, 0.3) is 0 Å². The first kappa shape index (κ1) is 25.3. The first-order valence-corrected chi connectivity index (χ1v) is 10.7.